The van der Waals surface area contributed by atoms with E-state index in [1.54, 1.807) is 0 Å². The Labute approximate surface area is 122 Å². The molecule has 1 aliphatic rings. The van der Waals surface area contributed by atoms with E-state index < -0.39 is 0 Å². The molecule has 1 N–H and O–H groups in total. The number of ether oxygens (including phenoxy) is 1. The molecule has 1 aliphatic carbocycles. The molecule has 0 aromatic rings. The van der Waals surface area contributed by atoms with Crippen molar-refractivity contribution in [3.63, 3.8) is 0 Å². The third-order valence-electron chi connectivity index (χ3n) is 3.93. The second kappa shape index (κ2) is 9.61. The maximum atomic E-state index is 12.1. The van der Waals surface area contributed by atoms with Crippen molar-refractivity contribution in [2.24, 2.45) is 0 Å². The first-order valence-electron chi connectivity index (χ1n) is 7.80. The lowest BCUT2D eigenvalue weighted by molar-refractivity contribution is -0.140. The second-order valence-corrected chi connectivity index (χ2v) is 5.34. The maximum absolute atomic E-state index is 12.1. The summed E-state index contributed by atoms with van der Waals surface area (Å²) >= 11 is 0. The third-order valence-corrected chi connectivity index (χ3v) is 3.93. The van der Waals surface area contributed by atoms with Crippen LogP contribution in [0.4, 0.5) is 4.79 Å². The predicted molar refractivity (Wildman–Crippen MR) is 78.5 cm³/mol. The summed E-state index contributed by atoms with van der Waals surface area (Å²) in [5, 5.41) is 2.96. The molecule has 20 heavy (non-hydrogen) atoms. The van der Waals surface area contributed by atoms with Crippen molar-refractivity contribution in [1.82, 2.24) is 10.2 Å². The largest absolute Gasteiger partial charge is 0.469 e. The number of unbranched alkanes of at least 4 members (excludes halogenated alkanes) is 1. The number of methoxy groups -OCH3 is 1. The Kier molecular flexibility index (Phi) is 8.07. The van der Waals surface area contributed by atoms with Crippen molar-refractivity contribution in [1.29, 1.82) is 0 Å². The molecule has 1 fully saturated rings. The van der Waals surface area contributed by atoms with Crippen LogP contribution in [0.1, 0.15) is 58.3 Å². The van der Waals surface area contributed by atoms with Crippen LogP contribution in [0.25, 0.3) is 0 Å². The molecule has 1 rings (SSSR count). The maximum Gasteiger partial charge on any atom is 0.317 e. The van der Waals surface area contributed by atoms with E-state index in [9.17, 15) is 9.59 Å². The molecule has 0 bridgehead atoms. The summed E-state index contributed by atoms with van der Waals surface area (Å²) in [7, 11) is 1.40. The summed E-state index contributed by atoms with van der Waals surface area (Å²) in [5.41, 5.74) is 0. The fraction of sp³-hybridized carbons (Fsp3) is 0.867. The van der Waals surface area contributed by atoms with Crippen LogP contribution in [0.15, 0.2) is 0 Å². The smallest absolute Gasteiger partial charge is 0.317 e. The Morgan fingerprint density at radius 3 is 2.50 bits per heavy atom. The normalized spacial score (nSPS) is 15.7. The minimum Gasteiger partial charge on any atom is -0.469 e. The van der Waals surface area contributed by atoms with E-state index in [0.717, 1.165) is 32.2 Å². The molecular weight excluding hydrogens is 256 g/mol. The summed E-state index contributed by atoms with van der Waals surface area (Å²) < 4.78 is 4.58. The highest BCUT2D eigenvalue weighted by molar-refractivity contribution is 5.74. The van der Waals surface area contributed by atoms with Crippen LogP contribution < -0.4 is 5.32 Å². The number of amides is 2. The number of hydrogen-bond donors (Lipinski definition) is 1. The molecule has 2 amide bonds. The van der Waals surface area contributed by atoms with Gasteiger partial charge >= 0.3 is 12.0 Å². The monoisotopic (exact) mass is 284 g/mol. The molecule has 116 valence electrons. The molecule has 0 radical (unpaired) electrons. The van der Waals surface area contributed by atoms with E-state index >= 15 is 0 Å². The van der Waals surface area contributed by atoms with E-state index in [4.69, 9.17) is 0 Å². The van der Waals surface area contributed by atoms with Crippen molar-refractivity contribution >= 4 is 12.0 Å². The molecule has 0 aromatic carbocycles. The lowest BCUT2D eigenvalue weighted by Crippen LogP contribution is -2.47. The Morgan fingerprint density at radius 2 is 1.90 bits per heavy atom. The number of carbonyl (C=O) groups excluding carboxylic acids is 2. The van der Waals surface area contributed by atoms with Gasteiger partial charge in [-0.05, 0) is 32.6 Å². The highest BCUT2D eigenvalue weighted by Gasteiger charge is 2.23. The van der Waals surface area contributed by atoms with E-state index in [1.807, 2.05) is 11.8 Å². The van der Waals surface area contributed by atoms with Gasteiger partial charge < -0.3 is 15.0 Å². The van der Waals surface area contributed by atoms with Gasteiger partial charge in [0.1, 0.15) is 0 Å². The fourth-order valence-corrected chi connectivity index (χ4v) is 2.75. The van der Waals surface area contributed by atoms with Gasteiger partial charge in [0, 0.05) is 25.6 Å². The summed E-state index contributed by atoms with van der Waals surface area (Å²) in [6, 6.07) is 0.446. The van der Waals surface area contributed by atoms with Crippen molar-refractivity contribution in [2.45, 2.75) is 64.3 Å². The zero-order chi connectivity index (χ0) is 14.8. The van der Waals surface area contributed by atoms with Gasteiger partial charge in [0.25, 0.3) is 0 Å². The molecule has 5 nitrogen and oxygen atoms in total. The van der Waals surface area contributed by atoms with Gasteiger partial charge in [0.15, 0.2) is 0 Å². The lowest BCUT2D eigenvalue weighted by atomic mass is 9.94. The van der Waals surface area contributed by atoms with Crippen LogP contribution in [0.2, 0.25) is 0 Å². The minimum absolute atomic E-state index is 0.0393. The van der Waals surface area contributed by atoms with E-state index in [2.05, 4.69) is 10.1 Å². The molecule has 0 aromatic heterocycles. The number of hydrogen-bond acceptors (Lipinski definition) is 3. The summed E-state index contributed by atoms with van der Waals surface area (Å²) in [5.74, 6) is -0.186. The SMILES string of the molecule is CCN(C(=O)NCCCCC(=O)OC)C1CCCCC1. The average Bonchev–Trinajstić information content (AvgIpc) is 2.48. The molecular formula is C15H28N2O3. The van der Waals surface area contributed by atoms with Crippen LogP contribution in [-0.4, -0.2) is 43.1 Å². The summed E-state index contributed by atoms with van der Waals surface area (Å²) in [6.45, 7) is 3.42. The first-order valence-corrected chi connectivity index (χ1v) is 7.80. The Bertz CT molecular complexity index is 301. The van der Waals surface area contributed by atoms with Crippen LogP contribution in [0, 0.1) is 0 Å². The van der Waals surface area contributed by atoms with Gasteiger partial charge in [0.05, 0.1) is 7.11 Å². The number of urea groups is 1. The van der Waals surface area contributed by atoms with Crippen LogP contribution >= 0.6 is 0 Å². The van der Waals surface area contributed by atoms with Gasteiger partial charge in [-0.3, -0.25) is 4.79 Å². The van der Waals surface area contributed by atoms with E-state index in [1.165, 1.54) is 26.4 Å². The third kappa shape index (κ3) is 5.80. The molecule has 0 heterocycles. The van der Waals surface area contributed by atoms with E-state index in [0.29, 0.717) is 19.0 Å². The molecule has 0 spiro atoms. The minimum atomic E-state index is -0.186. The fourth-order valence-electron chi connectivity index (χ4n) is 2.75. The number of nitrogens with zero attached hydrogens (tertiary/aromatic N) is 1. The van der Waals surface area contributed by atoms with E-state index in [-0.39, 0.29) is 12.0 Å². The highest BCUT2D eigenvalue weighted by atomic mass is 16.5. The lowest BCUT2D eigenvalue weighted by Gasteiger charge is -2.33. The first kappa shape index (κ1) is 16.8. The number of esters is 1. The second-order valence-electron chi connectivity index (χ2n) is 5.34. The van der Waals surface area contributed by atoms with Crippen molar-refractivity contribution in [3.05, 3.63) is 0 Å². The summed E-state index contributed by atoms with van der Waals surface area (Å²) in [4.78, 5) is 25.1. The van der Waals surface area contributed by atoms with Crippen LogP contribution in [-0.2, 0) is 9.53 Å². The number of rotatable bonds is 7. The zero-order valence-electron chi connectivity index (χ0n) is 12.8. The van der Waals surface area contributed by atoms with Gasteiger partial charge in [-0.1, -0.05) is 19.3 Å². The topological polar surface area (TPSA) is 58.6 Å². The zero-order valence-corrected chi connectivity index (χ0v) is 12.8. The Morgan fingerprint density at radius 1 is 1.20 bits per heavy atom. The standard InChI is InChI=1S/C15H28N2O3/c1-3-17(13-9-5-4-6-10-13)15(19)16-12-8-7-11-14(18)20-2/h13H,3-12H2,1-2H3,(H,16,19). The predicted octanol–water partition coefficient (Wildman–Crippen LogP) is 2.69. The first-order chi connectivity index (χ1) is 9.69. The quantitative estimate of drug-likeness (QED) is 0.577. The van der Waals surface area contributed by atoms with Crippen molar-refractivity contribution < 1.29 is 14.3 Å². The van der Waals surface area contributed by atoms with Gasteiger partial charge in [-0.2, -0.15) is 0 Å². The highest BCUT2D eigenvalue weighted by Crippen LogP contribution is 2.22. The average molecular weight is 284 g/mol. The molecule has 0 saturated heterocycles. The molecule has 0 unspecified atom stereocenters. The van der Waals surface area contributed by atoms with Gasteiger partial charge in [-0.25, -0.2) is 4.79 Å². The van der Waals surface area contributed by atoms with Gasteiger partial charge in [0.2, 0.25) is 0 Å². The van der Waals surface area contributed by atoms with Crippen molar-refractivity contribution in [3.8, 4) is 0 Å². The molecule has 0 aliphatic heterocycles. The Balaban J connectivity index is 2.20. The molecule has 0 atom stereocenters. The van der Waals surface area contributed by atoms with Gasteiger partial charge in [-0.15, -0.1) is 0 Å². The van der Waals surface area contributed by atoms with Crippen LogP contribution in [0.5, 0.6) is 0 Å². The molecule has 5 heteroatoms. The summed E-state index contributed by atoms with van der Waals surface area (Å²) in [6.07, 6.45) is 8.00. The van der Waals surface area contributed by atoms with Crippen molar-refractivity contribution in [2.75, 3.05) is 20.2 Å². The Hall–Kier alpha value is -1.26. The number of carbonyl (C=O) groups is 2. The molecule has 1 saturated carbocycles. The van der Waals surface area contributed by atoms with Crippen LogP contribution in [0.3, 0.4) is 0 Å². The number of nitrogens with one attached hydrogen (secondary N) is 1.